The molecule has 0 unspecified atom stereocenters. The summed E-state index contributed by atoms with van der Waals surface area (Å²) in [5.74, 6) is 0.617. The maximum atomic E-state index is 12.5. The molecule has 2 heterocycles. The minimum atomic E-state index is 0.199. The van der Waals surface area contributed by atoms with Crippen LogP contribution in [0.3, 0.4) is 0 Å². The van der Waals surface area contributed by atoms with Gasteiger partial charge in [0, 0.05) is 18.6 Å². The maximum Gasteiger partial charge on any atom is 0.233 e. The van der Waals surface area contributed by atoms with Gasteiger partial charge in [-0.05, 0) is 50.0 Å². The molecule has 0 aromatic carbocycles. The lowest BCUT2D eigenvalue weighted by Gasteiger charge is -2.39. The summed E-state index contributed by atoms with van der Waals surface area (Å²) in [4.78, 5) is 14.5. The summed E-state index contributed by atoms with van der Waals surface area (Å²) in [6.07, 6.45) is 5.58. The molecule has 1 aliphatic rings. The van der Waals surface area contributed by atoms with Gasteiger partial charge in [0.25, 0.3) is 0 Å². The lowest BCUT2D eigenvalue weighted by atomic mass is 9.98. The van der Waals surface area contributed by atoms with E-state index < -0.39 is 0 Å². The molecule has 0 saturated carbocycles. The Labute approximate surface area is 130 Å². The summed E-state index contributed by atoms with van der Waals surface area (Å²) in [5.41, 5.74) is 0. The number of nitrogens with zero attached hydrogens (tertiary/aromatic N) is 5. The van der Waals surface area contributed by atoms with E-state index >= 15 is 0 Å². The van der Waals surface area contributed by atoms with Gasteiger partial charge in [-0.2, -0.15) is 0 Å². The van der Waals surface area contributed by atoms with Crippen molar-refractivity contribution in [2.24, 2.45) is 0 Å². The molecule has 0 aliphatic carbocycles. The van der Waals surface area contributed by atoms with Crippen LogP contribution in [0.2, 0.25) is 0 Å². The molecule has 0 N–H and O–H groups in total. The van der Waals surface area contributed by atoms with Gasteiger partial charge in [0.1, 0.15) is 0 Å². The normalized spacial score (nSPS) is 22.5. The first-order valence-electron chi connectivity index (χ1n) is 7.83. The van der Waals surface area contributed by atoms with E-state index in [0.29, 0.717) is 17.8 Å². The van der Waals surface area contributed by atoms with E-state index in [1.165, 1.54) is 18.2 Å². The number of aromatic nitrogens is 4. The fourth-order valence-electron chi connectivity index (χ4n) is 2.86. The van der Waals surface area contributed by atoms with Crippen LogP contribution in [-0.2, 0) is 11.3 Å². The van der Waals surface area contributed by atoms with Gasteiger partial charge in [0.05, 0.1) is 5.75 Å². The van der Waals surface area contributed by atoms with Crippen molar-refractivity contribution in [1.82, 2.24) is 25.1 Å². The fraction of sp³-hybridized carbons (Fsp3) is 0.857. The zero-order valence-corrected chi connectivity index (χ0v) is 14.0. The highest BCUT2D eigenvalue weighted by Gasteiger charge is 2.28. The van der Waals surface area contributed by atoms with E-state index in [9.17, 15) is 4.79 Å². The molecule has 1 fully saturated rings. The quantitative estimate of drug-likeness (QED) is 0.755. The van der Waals surface area contributed by atoms with Crippen LogP contribution in [0.4, 0.5) is 0 Å². The van der Waals surface area contributed by atoms with Gasteiger partial charge in [0.2, 0.25) is 11.1 Å². The van der Waals surface area contributed by atoms with E-state index in [1.54, 1.807) is 4.68 Å². The fourth-order valence-corrected chi connectivity index (χ4v) is 3.63. The van der Waals surface area contributed by atoms with Crippen molar-refractivity contribution in [2.45, 2.75) is 76.7 Å². The van der Waals surface area contributed by atoms with Crippen molar-refractivity contribution in [3.8, 4) is 0 Å². The highest BCUT2D eigenvalue weighted by atomic mass is 32.2. The van der Waals surface area contributed by atoms with Crippen molar-refractivity contribution >= 4 is 17.7 Å². The molecule has 21 heavy (non-hydrogen) atoms. The number of unbranched alkanes of at least 4 members (excludes halogenated alkanes) is 1. The lowest BCUT2D eigenvalue weighted by molar-refractivity contribution is -0.134. The van der Waals surface area contributed by atoms with Gasteiger partial charge in [-0.1, -0.05) is 25.1 Å². The molecule has 2 atom stereocenters. The highest BCUT2D eigenvalue weighted by Crippen LogP contribution is 2.24. The first-order chi connectivity index (χ1) is 10.1. The summed E-state index contributed by atoms with van der Waals surface area (Å²) in [6.45, 7) is 7.24. The predicted molar refractivity (Wildman–Crippen MR) is 83.1 cm³/mol. The number of hydrogen-bond donors (Lipinski definition) is 0. The van der Waals surface area contributed by atoms with Crippen LogP contribution < -0.4 is 0 Å². The summed E-state index contributed by atoms with van der Waals surface area (Å²) in [6, 6.07) is 0.691. The molecule has 0 radical (unpaired) electrons. The smallest absolute Gasteiger partial charge is 0.233 e. The van der Waals surface area contributed by atoms with E-state index in [4.69, 9.17) is 0 Å². The van der Waals surface area contributed by atoms with Crippen molar-refractivity contribution in [3.63, 3.8) is 0 Å². The molecule has 0 spiro atoms. The molecular formula is C14H25N5OS. The zero-order chi connectivity index (χ0) is 15.2. The molecule has 2 rings (SSSR count). The van der Waals surface area contributed by atoms with Crippen LogP contribution in [0.15, 0.2) is 5.16 Å². The number of likely N-dealkylation sites (tertiary alicyclic amines) is 1. The number of amides is 1. The lowest BCUT2D eigenvalue weighted by Crippen LogP contribution is -2.48. The summed E-state index contributed by atoms with van der Waals surface area (Å²) in [5, 5.41) is 12.5. The van der Waals surface area contributed by atoms with Crippen molar-refractivity contribution in [2.75, 3.05) is 5.75 Å². The van der Waals surface area contributed by atoms with Crippen molar-refractivity contribution < 1.29 is 4.79 Å². The molecule has 6 nitrogen and oxygen atoms in total. The largest absolute Gasteiger partial charge is 0.337 e. The second-order valence-corrected chi connectivity index (χ2v) is 6.70. The van der Waals surface area contributed by atoms with Gasteiger partial charge in [0.15, 0.2) is 0 Å². The molecule has 1 aliphatic heterocycles. The minimum absolute atomic E-state index is 0.199. The maximum absolute atomic E-state index is 12.5. The van der Waals surface area contributed by atoms with E-state index in [0.717, 1.165) is 37.4 Å². The summed E-state index contributed by atoms with van der Waals surface area (Å²) < 4.78 is 1.80. The molecule has 118 valence electrons. The van der Waals surface area contributed by atoms with Gasteiger partial charge < -0.3 is 4.90 Å². The van der Waals surface area contributed by atoms with Gasteiger partial charge in [-0.25, -0.2) is 4.68 Å². The number of tetrazole rings is 1. The number of hydrogen-bond acceptors (Lipinski definition) is 5. The van der Waals surface area contributed by atoms with Crippen LogP contribution in [0.1, 0.15) is 52.9 Å². The Kier molecular flexibility index (Phi) is 6.02. The Balaban J connectivity index is 1.90. The second kappa shape index (κ2) is 7.77. The molecule has 1 amide bonds. The van der Waals surface area contributed by atoms with Crippen LogP contribution >= 0.6 is 11.8 Å². The third-order valence-corrected chi connectivity index (χ3v) is 4.97. The van der Waals surface area contributed by atoms with Crippen LogP contribution in [-0.4, -0.2) is 48.9 Å². The molecule has 7 heteroatoms. The Morgan fingerprint density at radius 3 is 2.71 bits per heavy atom. The molecule has 1 aromatic heterocycles. The summed E-state index contributed by atoms with van der Waals surface area (Å²) >= 11 is 1.45. The van der Waals surface area contributed by atoms with E-state index in [1.807, 2.05) is 4.90 Å². The van der Waals surface area contributed by atoms with Crippen LogP contribution in [0.5, 0.6) is 0 Å². The Bertz CT molecular complexity index is 454. The first kappa shape index (κ1) is 16.3. The van der Waals surface area contributed by atoms with Gasteiger partial charge in [-0.15, -0.1) is 5.10 Å². The molecule has 0 bridgehead atoms. The number of thioether (sulfide) groups is 1. The van der Waals surface area contributed by atoms with E-state index in [2.05, 4.69) is 36.3 Å². The third-order valence-electron chi connectivity index (χ3n) is 4.03. The SMILES string of the molecule is CCCCn1nnnc1SCC(=O)N1[C@H](C)CCC[C@H]1C. The highest BCUT2D eigenvalue weighted by molar-refractivity contribution is 7.99. The number of piperidine rings is 1. The number of carbonyl (C=O) groups excluding carboxylic acids is 1. The first-order valence-corrected chi connectivity index (χ1v) is 8.82. The Hall–Kier alpha value is -1.11. The van der Waals surface area contributed by atoms with Crippen molar-refractivity contribution in [1.29, 1.82) is 0 Å². The number of aryl methyl sites for hydroxylation is 1. The Morgan fingerprint density at radius 2 is 2.05 bits per heavy atom. The number of rotatable bonds is 6. The van der Waals surface area contributed by atoms with Gasteiger partial charge >= 0.3 is 0 Å². The minimum Gasteiger partial charge on any atom is -0.337 e. The van der Waals surface area contributed by atoms with Crippen LogP contribution in [0.25, 0.3) is 0 Å². The molecular weight excluding hydrogens is 286 g/mol. The summed E-state index contributed by atoms with van der Waals surface area (Å²) in [7, 11) is 0. The van der Waals surface area contributed by atoms with E-state index in [-0.39, 0.29) is 5.91 Å². The van der Waals surface area contributed by atoms with Crippen molar-refractivity contribution in [3.05, 3.63) is 0 Å². The standard InChI is InChI=1S/C14H25N5OS/c1-4-5-9-18-14(15-16-17-18)21-10-13(20)19-11(2)7-6-8-12(19)3/h11-12H,4-10H2,1-3H3/t11-,12-/m1/s1. The predicted octanol–water partition coefficient (Wildman–Crippen LogP) is 2.35. The third kappa shape index (κ3) is 4.18. The Morgan fingerprint density at radius 1 is 1.33 bits per heavy atom. The van der Waals surface area contributed by atoms with Crippen LogP contribution in [0, 0.1) is 0 Å². The molecule has 1 aromatic rings. The average molecular weight is 311 g/mol. The zero-order valence-electron chi connectivity index (χ0n) is 13.2. The monoisotopic (exact) mass is 311 g/mol. The average Bonchev–Trinajstić information content (AvgIpc) is 2.90. The topological polar surface area (TPSA) is 63.9 Å². The van der Waals surface area contributed by atoms with Gasteiger partial charge in [-0.3, -0.25) is 4.79 Å². The second-order valence-electron chi connectivity index (χ2n) is 5.76. The number of carbonyl (C=O) groups is 1. The molecule has 1 saturated heterocycles.